The van der Waals surface area contributed by atoms with Crippen molar-refractivity contribution in [3.05, 3.63) is 36.5 Å². The van der Waals surface area contributed by atoms with Gasteiger partial charge in [-0.2, -0.15) is 0 Å². The van der Waals surface area contributed by atoms with Gasteiger partial charge in [0.05, 0.1) is 12.7 Å². The van der Waals surface area contributed by atoms with E-state index in [1.165, 1.54) is 6.92 Å². The number of esters is 1. The quantitative estimate of drug-likeness (QED) is 0.466. The Morgan fingerprint density at radius 3 is 2.58 bits per heavy atom. The maximum absolute atomic E-state index is 10.5. The molecule has 3 heteroatoms. The molecule has 0 amide bonds. The van der Waals surface area contributed by atoms with Crippen molar-refractivity contribution in [3.8, 4) is 23.7 Å². The minimum absolute atomic E-state index is 0.213. The van der Waals surface area contributed by atoms with Crippen LogP contribution in [-0.2, 0) is 9.53 Å². The van der Waals surface area contributed by atoms with Crippen LogP contribution in [0.3, 0.4) is 0 Å². The number of aliphatic hydroxyl groups is 1. The molecule has 0 heterocycles. The van der Waals surface area contributed by atoms with Crippen LogP contribution in [0.15, 0.2) is 36.5 Å². The largest absolute Gasteiger partial charge is 0.466 e. The standard InChI is InChI=1S/C16H18O3/c1-3-4-5-6-7-8-9-10-11-12-16(18)13-14-19-15(2)17/h3-4,9-12,16,18H,13-14H2,1-2H3. The lowest BCUT2D eigenvalue weighted by Gasteiger charge is -2.04. The second-order valence-electron chi connectivity index (χ2n) is 3.48. The van der Waals surface area contributed by atoms with E-state index in [4.69, 9.17) is 4.74 Å². The summed E-state index contributed by atoms with van der Waals surface area (Å²) in [4.78, 5) is 10.5. The molecule has 19 heavy (non-hydrogen) atoms. The van der Waals surface area contributed by atoms with Crippen LogP contribution in [0.1, 0.15) is 20.3 Å². The van der Waals surface area contributed by atoms with Gasteiger partial charge in [0.2, 0.25) is 0 Å². The van der Waals surface area contributed by atoms with Crippen LogP contribution in [0.5, 0.6) is 0 Å². The zero-order valence-electron chi connectivity index (χ0n) is 11.2. The molecular weight excluding hydrogens is 240 g/mol. The Balaban J connectivity index is 3.88. The lowest BCUT2D eigenvalue weighted by molar-refractivity contribution is -0.141. The summed E-state index contributed by atoms with van der Waals surface area (Å²) in [6.45, 7) is 3.44. The number of carbonyl (C=O) groups excluding carboxylic acids is 1. The molecule has 0 aliphatic rings. The van der Waals surface area contributed by atoms with Crippen LogP contribution in [0, 0.1) is 23.7 Å². The van der Waals surface area contributed by atoms with Gasteiger partial charge < -0.3 is 9.84 Å². The molecule has 0 aromatic rings. The smallest absolute Gasteiger partial charge is 0.302 e. The molecule has 0 saturated carbocycles. The summed E-state index contributed by atoms with van der Waals surface area (Å²) in [6.07, 6.45) is 9.94. The number of rotatable bonds is 5. The monoisotopic (exact) mass is 258 g/mol. The van der Waals surface area contributed by atoms with Crippen molar-refractivity contribution in [1.29, 1.82) is 0 Å². The molecule has 0 rings (SSSR count). The summed E-state index contributed by atoms with van der Waals surface area (Å²) in [5.41, 5.74) is 0. The molecule has 0 saturated heterocycles. The van der Waals surface area contributed by atoms with Crippen molar-refractivity contribution in [2.75, 3.05) is 6.61 Å². The Morgan fingerprint density at radius 1 is 1.26 bits per heavy atom. The van der Waals surface area contributed by atoms with Crippen LogP contribution in [0.4, 0.5) is 0 Å². The van der Waals surface area contributed by atoms with Crippen LogP contribution in [-0.4, -0.2) is 23.8 Å². The zero-order chi connectivity index (χ0) is 14.3. The van der Waals surface area contributed by atoms with Crippen molar-refractivity contribution >= 4 is 5.97 Å². The first-order valence-electron chi connectivity index (χ1n) is 5.93. The SMILES string of the molecule is CC=CC#CC#CC=CC=CC(O)CCOC(C)=O. The van der Waals surface area contributed by atoms with Gasteiger partial charge in [-0.25, -0.2) is 0 Å². The van der Waals surface area contributed by atoms with E-state index in [-0.39, 0.29) is 12.6 Å². The van der Waals surface area contributed by atoms with Crippen LogP contribution < -0.4 is 0 Å². The number of carbonyl (C=O) groups is 1. The Hall–Kier alpha value is -2.23. The van der Waals surface area contributed by atoms with E-state index in [9.17, 15) is 9.90 Å². The molecule has 0 spiro atoms. The first-order chi connectivity index (χ1) is 9.16. The normalized spacial score (nSPS) is 11.9. The molecule has 1 unspecified atom stereocenters. The number of aliphatic hydroxyl groups excluding tert-OH is 1. The second kappa shape index (κ2) is 12.2. The first kappa shape index (κ1) is 16.8. The number of allylic oxidation sites excluding steroid dienone is 5. The average Bonchev–Trinajstić information content (AvgIpc) is 2.36. The highest BCUT2D eigenvalue weighted by Gasteiger charge is 1.99. The van der Waals surface area contributed by atoms with Crippen LogP contribution in [0.2, 0.25) is 0 Å². The third-order valence-corrected chi connectivity index (χ3v) is 1.80. The highest BCUT2D eigenvalue weighted by molar-refractivity contribution is 5.65. The fraction of sp³-hybridized carbons (Fsp3) is 0.312. The van der Waals surface area contributed by atoms with Gasteiger partial charge in [-0.3, -0.25) is 4.79 Å². The first-order valence-corrected chi connectivity index (χ1v) is 5.93. The third-order valence-electron chi connectivity index (χ3n) is 1.80. The van der Waals surface area contributed by atoms with Gasteiger partial charge in [0.15, 0.2) is 0 Å². The number of ether oxygens (including phenoxy) is 1. The van der Waals surface area contributed by atoms with Gasteiger partial charge in [-0.05, 0) is 30.9 Å². The van der Waals surface area contributed by atoms with Gasteiger partial charge >= 0.3 is 5.97 Å². The summed E-state index contributed by atoms with van der Waals surface area (Å²) >= 11 is 0. The van der Waals surface area contributed by atoms with Gasteiger partial charge in [0.25, 0.3) is 0 Å². The number of hydrogen-bond acceptors (Lipinski definition) is 3. The summed E-state index contributed by atoms with van der Waals surface area (Å²) < 4.78 is 4.71. The zero-order valence-corrected chi connectivity index (χ0v) is 11.2. The van der Waals surface area contributed by atoms with Crippen LogP contribution in [0.25, 0.3) is 0 Å². The fourth-order valence-corrected chi connectivity index (χ4v) is 0.955. The molecule has 0 aromatic heterocycles. The van der Waals surface area contributed by atoms with E-state index >= 15 is 0 Å². The maximum Gasteiger partial charge on any atom is 0.302 e. The van der Waals surface area contributed by atoms with Crippen molar-refractivity contribution in [1.82, 2.24) is 0 Å². The van der Waals surface area contributed by atoms with Gasteiger partial charge in [0, 0.05) is 13.3 Å². The minimum Gasteiger partial charge on any atom is -0.466 e. The molecule has 0 radical (unpaired) electrons. The lowest BCUT2D eigenvalue weighted by Crippen LogP contribution is -2.09. The highest BCUT2D eigenvalue weighted by atomic mass is 16.5. The molecule has 0 aliphatic carbocycles. The summed E-state index contributed by atoms with van der Waals surface area (Å²) in [7, 11) is 0. The Morgan fingerprint density at radius 2 is 1.95 bits per heavy atom. The van der Waals surface area contributed by atoms with Gasteiger partial charge in [0.1, 0.15) is 0 Å². The Labute approximate surface area is 114 Å². The van der Waals surface area contributed by atoms with Crippen LogP contribution >= 0.6 is 0 Å². The van der Waals surface area contributed by atoms with Gasteiger partial charge in [-0.1, -0.05) is 36.1 Å². The summed E-state index contributed by atoms with van der Waals surface area (Å²) in [6, 6.07) is 0. The second-order valence-corrected chi connectivity index (χ2v) is 3.48. The molecule has 1 N–H and O–H groups in total. The third kappa shape index (κ3) is 13.7. The molecule has 100 valence electrons. The molecular formula is C16H18O3. The van der Waals surface area contributed by atoms with Gasteiger partial charge in [-0.15, -0.1) is 0 Å². The van der Waals surface area contributed by atoms with Crippen molar-refractivity contribution in [3.63, 3.8) is 0 Å². The topological polar surface area (TPSA) is 46.5 Å². The molecule has 0 bridgehead atoms. The summed E-state index contributed by atoms with van der Waals surface area (Å²) in [5.74, 6) is 10.4. The van der Waals surface area contributed by atoms with E-state index in [1.807, 2.05) is 13.0 Å². The van der Waals surface area contributed by atoms with E-state index in [1.54, 1.807) is 30.4 Å². The molecule has 0 aliphatic heterocycles. The predicted molar refractivity (Wildman–Crippen MR) is 75.9 cm³/mol. The van der Waals surface area contributed by atoms with Crippen molar-refractivity contribution in [2.45, 2.75) is 26.4 Å². The molecule has 1 atom stereocenters. The average molecular weight is 258 g/mol. The predicted octanol–water partition coefficient (Wildman–Crippen LogP) is 2.00. The summed E-state index contributed by atoms with van der Waals surface area (Å²) in [5, 5.41) is 9.48. The van der Waals surface area contributed by atoms with E-state index < -0.39 is 6.10 Å². The Bertz CT molecular complexity index is 462. The van der Waals surface area contributed by atoms with Crippen molar-refractivity contribution < 1.29 is 14.6 Å². The Kier molecular flexibility index (Phi) is 10.8. The fourth-order valence-electron chi connectivity index (χ4n) is 0.955. The lowest BCUT2D eigenvalue weighted by atomic mass is 10.2. The maximum atomic E-state index is 10.5. The molecule has 0 fully saturated rings. The van der Waals surface area contributed by atoms with E-state index in [0.29, 0.717) is 6.42 Å². The minimum atomic E-state index is -0.633. The highest BCUT2D eigenvalue weighted by Crippen LogP contribution is 1.95. The number of hydrogen-bond donors (Lipinski definition) is 1. The van der Waals surface area contributed by atoms with E-state index in [0.717, 1.165) is 0 Å². The van der Waals surface area contributed by atoms with Crippen molar-refractivity contribution in [2.24, 2.45) is 0 Å². The molecule has 0 aromatic carbocycles. The molecule has 3 nitrogen and oxygen atoms in total. The van der Waals surface area contributed by atoms with E-state index in [2.05, 4.69) is 23.7 Å².